The molecule has 1 N–H and O–H groups in total. The van der Waals surface area contributed by atoms with Gasteiger partial charge in [0, 0.05) is 31.5 Å². The fraction of sp³-hybridized carbons (Fsp3) is 0.188. The molecule has 0 aromatic heterocycles. The lowest BCUT2D eigenvalue weighted by molar-refractivity contribution is 0.215. The zero-order valence-corrected chi connectivity index (χ0v) is 12.3. The first-order chi connectivity index (χ1) is 10.1. The molecule has 0 aliphatic rings. The Balaban J connectivity index is 1.99. The number of carbonyl (C=O) groups excluding carboxylic acids is 1. The normalized spacial score (nSPS) is 9.86. The van der Waals surface area contributed by atoms with Crippen LogP contribution in [-0.2, 0) is 0 Å². The highest BCUT2D eigenvalue weighted by molar-refractivity contribution is 5.86. The van der Waals surface area contributed by atoms with Crippen LogP contribution in [0.3, 0.4) is 0 Å². The molecule has 0 saturated carbocycles. The van der Waals surface area contributed by atoms with Gasteiger partial charge in [-0.3, -0.25) is 5.32 Å². The summed E-state index contributed by atoms with van der Waals surface area (Å²) in [6, 6.07) is 14.3. The molecule has 2 aromatic carbocycles. The SMILES string of the molecule is COc1ccc(NC(=O)Oc2cccc(N(C)C)c2)cc1. The van der Waals surface area contributed by atoms with Crippen LogP contribution in [0.4, 0.5) is 16.2 Å². The Bertz CT molecular complexity index is 609. The number of carbonyl (C=O) groups is 1. The van der Waals surface area contributed by atoms with Gasteiger partial charge in [0.25, 0.3) is 0 Å². The molecule has 0 fully saturated rings. The van der Waals surface area contributed by atoms with Gasteiger partial charge in [-0.1, -0.05) is 6.07 Å². The van der Waals surface area contributed by atoms with E-state index in [0.717, 1.165) is 11.4 Å². The fourth-order valence-corrected chi connectivity index (χ4v) is 1.75. The maximum Gasteiger partial charge on any atom is 0.417 e. The van der Waals surface area contributed by atoms with E-state index in [4.69, 9.17) is 9.47 Å². The molecule has 5 heteroatoms. The largest absolute Gasteiger partial charge is 0.497 e. The minimum Gasteiger partial charge on any atom is -0.497 e. The van der Waals surface area contributed by atoms with Crippen molar-refractivity contribution in [2.45, 2.75) is 0 Å². The van der Waals surface area contributed by atoms with Crippen LogP contribution in [-0.4, -0.2) is 27.3 Å². The van der Waals surface area contributed by atoms with Crippen molar-refractivity contribution in [3.05, 3.63) is 48.5 Å². The number of hydrogen-bond acceptors (Lipinski definition) is 4. The lowest BCUT2D eigenvalue weighted by atomic mass is 10.3. The molecule has 0 heterocycles. The topological polar surface area (TPSA) is 50.8 Å². The number of ether oxygens (including phenoxy) is 2. The summed E-state index contributed by atoms with van der Waals surface area (Å²) < 4.78 is 10.3. The number of rotatable bonds is 4. The van der Waals surface area contributed by atoms with Gasteiger partial charge in [-0.25, -0.2) is 4.79 Å². The molecule has 2 aromatic rings. The molecule has 0 aliphatic carbocycles. The minimum atomic E-state index is -0.531. The summed E-state index contributed by atoms with van der Waals surface area (Å²) in [5.41, 5.74) is 1.61. The van der Waals surface area contributed by atoms with Crippen molar-refractivity contribution in [1.82, 2.24) is 0 Å². The molecule has 21 heavy (non-hydrogen) atoms. The second-order valence-electron chi connectivity index (χ2n) is 4.63. The molecule has 1 amide bonds. The third kappa shape index (κ3) is 4.14. The third-order valence-corrected chi connectivity index (χ3v) is 2.88. The van der Waals surface area contributed by atoms with Gasteiger partial charge >= 0.3 is 6.09 Å². The highest BCUT2D eigenvalue weighted by atomic mass is 16.6. The van der Waals surface area contributed by atoms with Crippen LogP contribution in [0.15, 0.2) is 48.5 Å². The van der Waals surface area contributed by atoms with Gasteiger partial charge in [-0.05, 0) is 36.4 Å². The van der Waals surface area contributed by atoms with Crippen molar-refractivity contribution in [1.29, 1.82) is 0 Å². The van der Waals surface area contributed by atoms with Crippen LogP contribution in [0, 0.1) is 0 Å². The highest BCUT2D eigenvalue weighted by Gasteiger charge is 2.06. The predicted molar refractivity (Wildman–Crippen MR) is 83.4 cm³/mol. The van der Waals surface area contributed by atoms with Gasteiger partial charge in [0.05, 0.1) is 7.11 Å². The van der Waals surface area contributed by atoms with Gasteiger partial charge in [0.2, 0.25) is 0 Å². The van der Waals surface area contributed by atoms with E-state index in [-0.39, 0.29) is 0 Å². The number of benzene rings is 2. The molecule has 5 nitrogen and oxygen atoms in total. The number of nitrogens with one attached hydrogen (secondary N) is 1. The maximum atomic E-state index is 11.8. The smallest absolute Gasteiger partial charge is 0.417 e. The standard InChI is InChI=1S/C16H18N2O3/c1-18(2)13-5-4-6-15(11-13)21-16(19)17-12-7-9-14(20-3)10-8-12/h4-11H,1-3H3,(H,17,19). The minimum absolute atomic E-state index is 0.493. The number of hydrogen-bond donors (Lipinski definition) is 1. The summed E-state index contributed by atoms with van der Waals surface area (Å²) in [6.45, 7) is 0. The summed E-state index contributed by atoms with van der Waals surface area (Å²) in [7, 11) is 5.45. The number of amides is 1. The Morgan fingerprint density at radius 1 is 1.05 bits per heavy atom. The van der Waals surface area contributed by atoms with Crippen molar-refractivity contribution in [2.24, 2.45) is 0 Å². The van der Waals surface area contributed by atoms with Crippen molar-refractivity contribution in [3.63, 3.8) is 0 Å². The van der Waals surface area contributed by atoms with E-state index in [2.05, 4.69) is 5.32 Å². The van der Waals surface area contributed by atoms with Crippen molar-refractivity contribution in [3.8, 4) is 11.5 Å². The van der Waals surface area contributed by atoms with Gasteiger partial charge < -0.3 is 14.4 Å². The maximum absolute atomic E-state index is 11.8. The lowest BCUT2D eigenvalue weighted by Crippen LogP contribution is -2.17. The van der Waals surface area contributed by atoms with Gasteiger partial charge in [-0.15, -0.1) is 0 Å². The Hall–Kier alpha value is -2.69. The van der Waals surface area contributed by atoms with Crippen LogP contribution in [0.1, 0.15) is 0 Å². The predicted octanol–water partition coefficient (Wildman–Crippen LogP) is 3.37. The van der Waals surface area contributed by atoms with Crippen LogP contribution in [0.2, 0.25) is 0 Å². The average Bonchev–Trinajstić information content (AvgIpc) is 2.48. The van der Waals surface area contributed by atoms with E-state index >= 15 is 0 Å². The van der Waals surface area contributed by atoms with E-state index in [1.165, 1.54) is 0 Å². The molecule has 0 bridgehead atoms. The fourth-order valence-electron chi connectivity index (χ4n) is 1.75. The van der Waals surface area contributed by atoms with Gasteiger partial charge in [0.1, 0.15) is 11.5 Å². The molecule has 2 rings (SSSR count). The molecule has 110 valence electrons. The molecule has 0 spiro atoms. The van der Waals surface area contributed by atoms with Crippen LogP contribution >= 0.6 is 0 Å². The van der Waals surface area contributed by atoms with Gasteiger partial charge in [0.15, 0.2) is 0 Å². The molecule has 0 saturated heterocycles. The van der Waals surface area contributed by atoms with E-state index in [9.17, 15) is 4.79 Å². The Morgan fingerprint density at radius 3 is 2.38 bits per heavy atom. The third-order valence-electron chi connectivity index (χ3n) is 2.88. The average molecular weight is 286 g/mol. The van der Waals surface area contributed by atoms with Gasteiger partial charge in [-0.2, -0.15) is 0 Å². The van der Waals surface area contributed by atoms with Crippen molar-refractivity contribution in [2.75, 3.05) is 31.4 Å². The van der Waals surface area contributed by atoms with Crippen LogP contribution < -0.4 is 19.7 Å². The number of nitrogens with zero attached hydrogens (tertiary/aromatic N) is 1. The first kappa shape index (κ1) is 14.7. The Kier molecular flexibility index (Phi) is 4.66. The summed E-state index contributed by atoms with van der Waals surface area (Å²) in [5.74, 6) is 1.22. The molecule has 0 aliphatic heterocycles. The van der Waals surface area contributed by atoms with E-state index in [0.29, 0.717) is 11.4 Å². The molecule has 0 unspecified atom stereocenters. The first-order valence-corrected chi connectivity index (χ1v) is 6.49. The quantitative estimate of drug-likeness (QED) is 0.936. The number of anilines is 2. The second-order valence-corrected chi connectivity index (χ2v) is 4.63. The van der Waals surface area contributed by atoms with E-state index < -0.39 is 6.09 Å². The summed E-state index contributed by atoms with van der Waals surface area (Å²) in [4.78, 5) is 13.8. The van der Waals surface area contributed by atoms with Crippen molar-refractivity contribution >= 4 is 17.5 Å². The second kappa shape index (κ2) is 6.65. The highest BCUT2D eigenvalue weighted by Crippen LogP contribution is 2.20. The molecule has 0 atom stereocenters. The summed E-state index contributed by atoms with van der Waals surface area (Å²) >= 11 is 0. The zero-order chi connectivity index (χ0) is 15.2. The molecular formula is C16H18N2O3. The number of methoxy groups -OCH3 is 1. The Labute approximate surface area is 124 Å². The molecule has 0 radical (unpaired) electrons. The first-order valence-electron chi connectivity index (χ1n) is 6.49. The van der Waals surface area contributed by atoms with E-state index in [1.54, 1.807) is 43.5 Å². The van der Waals surface area contributed by atoms with Crippen LogP contribution in [0.5, 0.6) is 11.5 Å². The summed E-state index contributed by atoms with van der Waals surface area (Å²) in [6.07, 6.45) is -0.531. The van der Waals surface area contributed by atoms with Crippen LogP contribution in [0.25, 0.3) is 0 Å². The summed E-state index contributed by atoms with van der Waals surface area (Å²) in [5, 5.41) is 2.66. The Morgan fingerprint density at radius 2 is 1.76 bits per heavy atom. The van der Waals surface area contributed by atoms with Crippen molar-refractivity contribution < 1.29 is 14.3 Å². The lowest BCUT2D eigenvalue weighted by Gasteiger charge is -2.13. The zero-order valence-electron chi connectivity index (χ0n) is 12.3. The molecular weight excluding hydrogens is 268 g/mol. The van der Waals surface area contributed by atoms with E-state index in [1.807, 2.05) is 31.1 Å². The monoisotopic (exact) mass is 286 g/mol.